The Hall–Kier alpha value is 1.46. The van der Waals surface area contributed by atoms with Crippen LogP contribution in [-0.2, 0) is 20.8 Å². The van der Waals surface area contributed by atoms with Crippen LogP contribution in [0.25, 0.3) is 0 Å². The fraction of sp³-hybridized carbons (Fsp3) is 1.00. The van der Waals surface area contributed by atoms with E-state index in [0.29, 0.717) is 0 Å². The van der Waals surface area contributed by atoms with Crippen molar-refractivity contribution in [1.82, 2.24) is 0 Å². The molecule has 0 spiro atoms. The van der Waals surface area contributed by atoms with E-state index in [-0.39, 0.29) is 0 Å². The number of unbranched alkanes of at least 4 members (excludes halogenated alkanes) is 2. The zero-order valence-electron chi connectivity index (χ0n) is 14.3. The number of rotatable bonds is 6. The summed E-state index contributed by atoms with van der Waals surface area (Å²) < 4.78 is 0. The number of hydrogen-bond acceptors (Lipinski definition) is 0. The van der Waals surface area contributed by atoms with E-state index in [0.717, 1.165) is 11.8 Å². The van der Waals surface area contributed by atoms with Crippen LogP contribution in [0.2, 0.25) is 0 Å². The van der Waals surface area contributed by atoms with Crippen molar-refractivity contribution < 1.29 is 20.8 Å². The van der Waals surface area contributed by atoms with Crippen molar-refractivity contribution in [1.29, 1.82) is 0 Å². The summed E-state index contributed by atoms with van der Waals surface area (Å²) >= 11 is -0.826. The molecule has 0 bridgehead atoms. The molecular formula is C18H36Cl2Zr. The molecule has 0 atom stereocenters. The van der Waals surface area contributed by atoms with E-state index < -0.39 is 20.8 Å². The third-order valence-corrected chi connectivity index (χ3v) is 4.88. The Balaban J connectivity index is 0.000000322. The van der Waals surface area contributed by atoms with Crippen LogP contribution < -0.4 is 0 Å². The molecule has 0 aromatic heterocycles. The molecule has 3 heteroatoms. The first kappa shape index (κ1) is 22.5. The molecule has 21 heavy (non-hydrogen) atoms. The second-order valence-electron chi connectivity index (χ2n) is 6.66. The molecule has 0 aromatic rings. The molecule has 0 saturated heterocycles. The van der Waals surface area contributed by atoms with Crippen LogP contribution in [0.5, 0.6) is 0 Å². The fourth-order valence-corrected chi connectivity index (χ4v) is 3.58. The van der Waals surface area contributed by atoms with Crippen molar-refractivity contribution in [2.24, 2.45) is 11.8 Å². The zero-order valence-corrected chi connectivity index (χ0v) is 18.3. The Morgan fingerprint density at radius 2 is 1.00 bits per heavy atom. The topological polar surface area (TPSA) is 0 Å². The van der Waals surface area contributed by atoms with Crippen molar-refractivity contribution in [3.63, 3.8) is 0 Å². The van der Waals surface area contributed by atoms with Gasteiger partial charge in [0.15, 0.2) is 0 Å². The van der Waals surface area contributed by atoms with Gasteiger partial charge < -0.3 is 0 Å². The summed E-state index contributed by atoms with van der Waals surface area (Å²) in [5.41, 5.74) is 0. The van der Waals surface area contributed by atoms with E-state index >= 15 is 0 Å². The number of hydrogen-bond donors (Lipinski definition) is 0. The SMILES string of the molecule is CCCCC1CCCC1.CCCCC1CCCC1.[Cl][Zr][Cl]. The van der Waals surface area contributed by atoms with Crippen molar-refractivity contribution in [2.45, 2.75) is 104 Å². The van der Waals surface area contributed by atoms with Gasteiger partial charge in [0, 0.05) is 0 Å². The van der Waals surface area contributed by atoms with Crippen LogP contribution in [0.4, 0.5) is 0 Å². The van der Waals surface area contributed by atoms with E-state index in [2.05, 4.69) is 13.8 Å². The Morgan fingerprint density at radius 1 is 0.714 bits per heavy atom. The van der Waals surface area contributed by atoms with Gasteiger partial charge in [0.2, 0.25) is 0 Å². The average molecular weight is 415 g/mol. The van der Waals surface area contributed by atoms with Gasteiger partial charge in [-0.2, -0.15) is 0 Å². The molecule has 0 unspecified atom stereocenters. The second kappa shape index (κ2) is 17.8. The van der Waals surface area contributed by atoms with Crippen molar-refractivity contribution in [2.75, 3.05) is 0 Å². The molecule has 2 aliphatic carbocycles. The van der Waals surface area contributed by atoms with Gasteiger partial charge >= 0.3 is 37.9 Å². The fourth-order valence-electron chi connectivity index (χ4n) is 3.58. The minimum atomic E-state index is -0.826. The maximum absolute atomic E-state index is 4.93. The van der Waals surface area contributed by atoms with Crippen LogP contribution in [-0.4, -0.2) is 0 Å². The predicted molar refractivity (Wildman–Crippen MR) is 94.7 cm³/mol. The predicted octanol–water partition coefficient (Wildman–Crippen LogP) is 8.11. The summed E-state index contributed by atoms with van der Waals surface area (Å²) in [6, 6.07) is 0. The van der Waals surface area contributed by atoms with Crippen LogP contribution in [0, 0.1) is 11.8 Å². The summed E-state index contributed by atoms with van der Waals surface area (Å²) in [6.45, 7) is 4.57. The number of halogens is 2. The molecule has 2 saturated carbocycles. The Bertz CT molecular complexity index is 168. The van der Waals surface area contributed by atoms with Crippen LogP contribution in [0.15, 0.2) is 0 Å². The molecule has 2 rings (SSSR count). The molecule has 2 aliphatic rings. The van der Waals surface area contributed by atoms with E-state index in [1.807, 2.05) is 0 Å². The molecule has 0 aromatic carbocycles. The standard InChI is InChI=1S/2C9H18.2ClH.Zr/c2*1-2-3-6-9-7-4-5-8-9;;;/h2*9H,2-8H2,1H3;2*1H;/q;;;;+2/p-2. The van der Waals surface area contributed by atoms with Crippen LogP contribution >= 0.6 is 17.0 Å². The first-order chi connectivity index (χ1) is 10.3. The van der Waals surface area contributed by atoms with Gasteiger partial charge in [0.25, 0.3) is 0 Å². The van der Waals surface area contributed by atoms with Crippen molar-refractivity contribution >= 4 is 17.0 Å². The molecule has 0 radical (unpaired) electrons. The first-order valence-electron chi connectivity index (χ1n) is 9.24. The van der Waals surface area contributed by atoms with E-state index in [4.69, 9.17) is 17.0 Å². The van der Waals surface area contributed by atoms with E-state index in [1.165, 1.54) is 89.9 Å². The third kappa shape index (κ3) is 14.8. The van der Waals surface area contributed by atoms with E-state index in [1.54, 1.807) is 0 Å². The summed E-state index contributed by atoms with van der Waals surface area (Å²) in [4.78, 5) is 0. The monoisotopic (exact) mass is 412 g/mol. The quantitative estimate of drug-likeness (QED) is 0.412. The molecule has 0 nitrogen and oxygen atoms in total. The van der Waals surface area contributed by atoms with Gasteiger partial charge in [-0.25, -0.2) is 0 Å². The van der Waals surface area contributed by atoms with Crippen molar-refractivity contribution in [3.8, 4) is 0 Å². The summed E-state index contributed by atoms with van der Waals surface area (Å²) in [7, 11) is 9.87. The van der Waals surface area contributed by atoms with Gasteiger partial charge in [0.05, 0.1) is 0 Å². The summed E-state index contributed by atoms with van der Waals surface area (Å²) in [5.74, 6) is 2.23. The van der Waals surface area contributed by atoms with Gasteiger partial charge in [0.1, 0.15) is 0 Å². The molecule has 0 amide bonds. The average Bonchev–Trinajstić information content (AvgIpc) is 3.18. The maximum atomic E-state index is 4.93. The Morgan fingerprint density at radius 3 is 1.24 bits per heavy atom. The normalized spacial score (nSPS) is 18.7. The zero-order chi connectivity index (χ0) is 15.8. The molecule has 0 heterocycles. The van der Waals surface area contributed by atoms with Crippen LogP contribution in [0.3, 0.4) is 0 Å². The minimum absolute atomic E-state index is 0.826. The molecule has 0 aliphatic heterocycles. The molecule has 2 fully saturated rings. The third-order valence-electron chi connectivity index (χ3n) is 4.88. The van der Waals surface area contributed by atoms with E-state index in [9.17, 15) is 0 Å². The second-order valence-corrected chi connectivity index (χ2v) is 10.4. The molecule has 126 valence electrons. The Labute approximate surface area is 152 Å². The molecule has 0 N–H and O–H groups in total. The van der Waals surface area contributed by atoms with Gasteiger partial charge in [-0.15, -0.1) is 0 Å². The molecular weight excluding hydrogens is 378 g/mol. The van der Waals surface area contributed by atoms with Gasteiger partial charge in [-0.05, 0) is 11.8 Å². The van der Waals surface area contributed by atoms with Crippen LogP contribution in [0.1, 0.15) is 104 Å². The summed E-state index contributed by atoms with van der Waals surface area (Å²) in [6.07, 6.45) is 20.9. The summed E-state index contributed by atoms with van der Waals surface area (Å²) in [5, 5.41) is 0. The van der Waals surface area contributed by atoms with Crippen molar-refractivity contribution in [3.05, 3.63) is 0 Å². The Kier molecular flexibility index (Phi) is 19.1. The van der Waals surface area contributed by atoms with Gasteiger partial charge in [-0.1, -0.05) is 104 Å². The first-order valence-corrected chi connectivity index (χ1v) is 15.6. The van der Waals surface area contributed by atoms with Gasteiger partial charge in [-0.3, -0.25) is 0 Å².